The molecule has 0 spiro atoms. The maximum absolute atomic E-state index is 12.5. The number of carboxylic acids is 2. The predicted molar refractivity (Wildman–Crippen MR) is 104 cm³/mol. The van der Waals surface area contributed by atoms with Crippen LogP contribution in [0.3, 0.4) is 0 Å². The average molecular weight is 436 g/mol. The Labute approximate surface area is 173 Å². The number of hydrogen-bond acceptors (Lipinski definition) is 8. The van der Waals surface area contributed by atoms with Crippen LogP contribution in [0.25, 0.3) is 0 Å². The Morgan fingerprint density at radius 2 is 1.38 bits per heavy atom. The van der Waals surface area contributed by atoms with E-state index >= 15 is 0 Å². The topological polar surface area (TPSA) is 208 Å². The third-order valence-electron chi connectivity index (χ3n) is 3.84. The van der Waals surface area contributed by atoms with Gasteiger partial charge in [0, 0.05) is 5.75 Å². The van der Waals surface area contributed by atoms with Crippen LogP contribution >= 0.6 is 12.6 Å². The van der Waals surface area contributed by atoms with E-state index in [1.807, 2.05) is 0 Å². The summed E-state index contributed by atoms with van der Waals surface area (Å²) in [6.07, 6.45) is -2.19. The highest BCUT2D eigenvalue weighted by Gasteiger charge is 2.34. The molecule has 0 heterocycles. The van der Waals surface area contributed by atoms with Gasteiger partial charge in [-0.25, -0.2) is 4.79 Å². The zero-order valence-corrected chi connectivity index (χ0v) is 17.2. The normalized spacial score (nSPS) is 16.1. The minimum absolute atomic E-state index is 0.00282. The maximum Gasteiger partial charge on any atom is 0.326 e. The summed E-state index contributed by atoms with van der Waals surface area (Å²) >= 11 is 3.87. The minimum atomic E-state index is -1.70. The second kappa shape index (κ2) is 12.2. The second-order valence-electron chi connectivity index (χ2n) is 6.74. The average Bonchev–Trinajstić information content (AvgIpc) is 2.61. The number of nitrogens with one attached hydrogen (secondary N) is 3. The zero-order chi connectivity index (χ0) is 22.9. The van der Waals surface area contributed by atoms with Gasteiger partial charge < -0.3 is 37.0 Å². The van der Waals surface area contributed by atoms with Crippen LogP contribution in [0.5, 0.6) is 0 Å². The molecule has 8 N–H and O–H groups in total. The zero-order valence-electron chi connectivity index (χ0n) is 16.3. The number of carbonyl (C=O) groups excluding carboxylic acids is 3. The van der Waals surface area contributed by atoms with Crippen molar-refractivity contribution in [2.75, 3.05) is 5.75 Å². The number of thiol groups is 1. The van der Waals surface area contributed by atoms with Crippen molar-refractivity contribution < 1.29 is 39.3 Å². The first-order valence-electron chi connectivity index (χ1n) is 8.72. The Morgan fingerprint density at radius 1 is 0.897 bits per heavy atom. The summed E-state index contributed by atoms with van der Waals surface area (Å²) in [5.41, 5.74) is 5.52. The van der Waals surface area contributed by atoms with E-state index in [0.717, 1.165) is 0 Å². The van der Waals surface area contributed by atoms with Crippen LogP contribution in [-0.2, 0) is 24.0 Å². The lowest BCUT2D eigenvalue weighted by molar-refractivity contribution is -0.147. The molecule has 0 bridgehead atoms. The van der Waals surface area contributed by atoms with E-state index < -0.39 is 72.3 Å². The van der Waals surface area contributed by atoms with Gasteiger partial charge in [-0.3, -0.25) is 19.2 Å². The van der Waals surface area contributed by atoms with Gasteiger partial charge in [0.1, 0.15) is 18.1 Å². The first-order valence-corrected chi connectivity index (χ1v) is 9.35. The molecule has 0 radical (unpaired) electrons. The fourth-order valence-electron chi connectivity index (χ4n) is 2.16. The van der Waals surface area contributed by atoms with Crippen molar-refractivity contribution in [2.45, 2.75) is 57.5 Å². The Morgan fingerprint density at radius 3 is 1.76 bits per heavy atom. The van der Waals surface area contributed by atoms with Gasteiger partial charge in [0.05, 0.1) is 18.6 Å². The lowest BCUT2D eigenvalue weighted by atomic mass is 10.0. The molecule has 13 heteroatoms. The summed E-state index contributed by atoms with van der Waals surface area (Å²) in [5, 5.41) is 34.3. The highest BCUT2D eigenvalue weighted by molar-refractivity contribution is 7.80. The summed E-state index contributed by atoms with van der Waals surface area (Å²) in [6, 6.07) is -5.41. The van der Waals surface area contributed by atoms with Gasteiger partial charge in [-0.05, 0) is 12.8 Å². The van der Waals surface area contributed by atoms with Crippen molar-refractivity contribution in [1.29, 1.82) is 0 Å². The Balaban J connectivity index is 5.34. The van der Waals surface area contributed by atoms with Crippen molar-refractivity contribution >= 4 is 42.3 Å². The van der Waals surface area contributed by atoms with Gasteiger partial charge in [-0.15, -0.1) is 0 Å². The SMILES string of the molecule is CC(C)C(NC(=O)C(NC(=O)C(N)CS)C(C)O)C(=O)NC(CC(=O)O)C(=O)O. The summed E-state index contributed by atoms with van der Waals surface area (Å²) in [4.78, 5) is 58.7. The number of aliphatic carboxylic acids is 2. The molecule has 5 unspecified atom stereocenters. The molecule has 166 valence electrons. The van der Waals surface area contributed by atoms with E-state index in [1.54, 1.807) is 13.8 Å². The van der Waals surface area contributed by atoms with Crippen molar-refractivity contribution in [3.05, 3.63) is 0 Å². The van der Waals surface area contributed by atoms with Gasteiger partial charge in [-0.1, -0.05) is 13.8 Å². The Bertz CT molecular complexity index is 628. The molecule has 0 fully saturated rings. The molecule has 0 aromatic rings. The lowest BCUT2D eigenvalue weighted by Gasteiger charge is -2.27. The molecule has 0 rings (SSSR count). The quantitative estimate of drug-likeness (QED) is 0.149. The third kappa shape index (κ3) is 9.11. The van der Waals surface area contributed by atoms with E-state index in [0.29, 0.717) is 0 Å². The number of hydrogen-bond donors (Lipinski definition) is 8. The maximum atomic E-state index is 12.5. The molecule has 0 aliphatic rings. The fraction of sp³-hybridized carbons (Fsp3) is 0.688. The Hall–Kier alpha value is -2.38. The second-order valence-corrected chi connectivity index (χ2v) is 7.11. The molecule has 29 heavy (non-hydrogen) atoms. The molecule has 0 aromatic heterocycles. The van der Waals surface area contributed by atoms with Crippen LogP contribution in [0, 0.1) is 5.92 Å². The molecule has 0 aliphatic carbocycles. The third-order valence-corrected chi connectivity index (χ3v) is 4.23. The molecular weight excluding hydrogens is 408 g/mol. The van der Waals surface area contributed by atoms with Crippen LogP contribution in [-0.4, -0.2) is 81.0 Å². The molecule has 12 nitrogen and oxygen atoms in total. The Kier molecular flexibility index (Phi) is 11.2. The van der Waals surface area contributed by atoms with Crippen molar-refractivity contribution in [2.24, 2.45) is 11.7 Å². The molecule has 0 aromatic carbocycles. The number of rotatable bonds is 12. The smallest absolute Gasteiger partial charge is 0.326 e. The predicted octanol–water partition coefficient (Wildman–Crippen LogP) is -2.71. The summed E-state index contributed by atoms with van der Waals surface area (Å²) in [5.74, 6) is -6.08. The summed E-state index contributed by atoms with van der Waals surface area (Å²) in [6.45, 7) is 4.36. The monoisotopic (exact) mass is 436 g/mol. The standard InChI is InChI=1S/C16H28N4O8S/c1-6(2)11(14(25)18-9(16(27)28)4-10(22)23)19-15(26)12(7(3)21)20-13(24)8(17)5-29/h6-9,11-12,21,29H,4-5,17H2,1-3H3,(H,18,25)(H,19,26)(H,20,24)(H,22,23)(H,27,28). The van der Waals surface area contributed by atoms with Gasteiger partial charge in [0.15, 0.2) is 0 Å². The van der Waals surface area contributed by atoms with Gasteiger partial charge in [-0.2, -0.15) is 12.6 Å². The van der Waals surface area contributed by atoms with E-state index in [9.17, 15) is 29.1 Å². The van der Waals surface area contributed by atoms with Crippen LogP contribution in [0.4, 0.5) is 0 Å². The molecular formula is C16H28N4O8S. The number of nitrogens with two attached hydrogens (primary N) is 1. The number of aliphatic hydroxyl groups is 1. The number of carboxylic acid groups (broad SMARTS) is 2. The molecule has 0 saturated carbocycles. The number of carbonyl (C=O) groups is 5. The summed E-state index contributed by atoms with van der Waals surface area (Å²) in [7, 11) is 0. The molecule has 5 atom stereocenters. The van der Waals surface area contributed by atoms with E-state index in [-0.39, 0.29) is 5.75 Å². The van der Waals surface area contributed by atoms with Crippen LogP contribution in [0.1, 0.15) is 27.2 Å². The lowest BCUT2D eigenvalue weighted by Crippen LogP contribution is -2.61. The van der Waals surface area contributed by atoms with E-state index in [2.05, 4.69) is 28.6 Å². The fourth-order valence-corrected chi connectivity index (χ4v) is 2.33. The minimum Gasteiger partial charge on any atom is -0.481 e. The van der Waals surface area contributed by atoms with Crippen LogP contribution in [0.15, 0.2) is 0 Å². The van der Waals surface area contributed by atoms with Crippen molar-refractivity contribution in [1.82, 2.24) is 16.0 Å². The van der Waals surface area contributed by atoms with Gasteiger partial charge in [0.25, 0.3) is 0 Å². The van der Waals surface area contributed by atoms with Crippen LogP contribution in [0.2, 0.25) is 0 Å². The number of aliphatic hydroxyl groups excluding tert-OH is 1. The van der Waals surface area contributed by atoms with E-state index in [1.165, 1.54) is 6.92 Å². The first-order chi connectivity index (χ1) is 13.3. The van der Waals surface area contributed by atoms with Gasteiger partial charge >= 0.3 is 11.9 Å². The number of amides is 3. The molecule has 3 amide bonds. The van der Waals surface area contributed by atoms with E-state index in [4.69, 9.17) is 15.9 Å². The largest absolute Gasteiger partial charge is 0.481 e. The van der Waals surface area contributed by atoms with Crippen molar-refractivity contribution in [3.8, 4) is 0 Å². The highest BCUT2D eigenvalue weighted by atomic mass is 32.1. The molecule has 0 aliphatic heterocycles. The van der Waals surface area contributed by atoms with Crippen LogP contribution < -0.4 is 21.7 Å². The van der Waals surface area contributed by atoms with Crippen molar-refractivity contribution in [3.63, 3.8) is 0 Å². The highest BCUT2D eigenvalue weighted by Crippen LogP contribution is 2.06. The first kappa shape index (κ1) is 26.6. The molecule has 0 saturated heterocycles. The van der Waals surface area contributed by atoms with Gasteiger partial charge in [0.2, 0.25) is 17.7 Å². The summed E-state index contributed by atoms with van der Waals surface area (Å²) < 4.78 is 0.